The van der Waals surface area contributed by atoms with Crippen molar-refractivity contribution in [3.63, 3.8) is 0 Å². The van der Waals surface area contributed by atoms with Crippen LogP contribution in [0.2, 0.25) is 0 Å². The van der Waals surface area contributed by atoms with E-state index < -0.39 is 0 Å². The minimum atomic E-state index is -0.00288. The van der Waals surface area contributed by atoms with Crippen molar-refractivity contribution in [2.75, 3.05) is 0 Å². The summed E-state index contributed by atoms with van der Waals surface area (Å²) in [4.78, 5) is 4.51. The van der Waals surface area contributed by atoms with Gasteiger partial charge in [-0.05, 0) is 19.1 Å². The first-order chi connectivity index (χ1) is 7.48. The fraction of sp³-hybridized carbons (Fsp3) is 0.385. The van der Waals surface area contributed by atoms with Crippen molar-refractivity contribution < 1.29 is 0 Å². The number of benzene rings is 1. The number of hydrogen-bond donors (Lipinski definition) is 0. The largest absolute Gasteiger partial charge is 0.217 e. The highest BCUT2D eigenvalue weighted by Gasteiger charge is 2.22. The van der Waals surface area contributed by atoms with Crippen LogP contribution in [0.3, 0.4) is 0 Å². The fourth-order valence-corrected chi connectivity index (χ4v) is 1.65. The molecule has 0 saturated carbocycles. The molecule has 2 rings (SSSR count). The maximum Gasteiger partial charge on any atom is 0.148 e. The summed E-state index contributed by atoms with van der Waals surface area (Å²) >= 11 is 0. The molecule has 84 valence electrons. The molecule has 0 fully saturated rings. The SMILES string of the molecule is Cc1nc(C(C)(C)C)n(-c2ccccc2)n1. The van der Waals surface area contributed by atoms with E-state index in [2.05, 4.69) is 30.9 Å². The molecule has 3 heteroatoms. The van der Waals surface area contributed by atoms with Crippen LogP contribution in [-0.2, 0) is 5.41 Å². The lowest BCUT2D eigenvalue weighted by molar-refractivity contribution is 0.526. The minimum absolute atomic E-state index is 0.00288. The predicted molar refractivity (Wildman–Crippen MR) is 64.8 cm³/mol. The molecule has 16 heavy (non-hydrogen) atoms. The van der Waals surface area contributed by atoms with Crippen molar-refractivity contribution in [1.82, 2.24) is 14.8 Å². The molecular weight excluding hydrogens is 198 g/mol. The van der Waals surface area contributed by atoms with Gasteiger partial charge in [0, 0.05) is 5.41 Å². The molecular formula is C13H17N3. The molecule has 0 atom stereocenters. The molecule has 2 aromatic rings. The van der Waals surface area contributed by atoms with E-state index in [9.17, 15) is 0 Å². The Bertz CT molecular complexity index is 478. The molecule has 1 heterocycles. The zero-order chi connectivity index (χ0) is 11.8. The second-order valence-electron chi connectivity index (χ2n) is 4.98. The molecule has 0 bridgehead atoms. The number of aromatic nitrogens is 3. The van der Waals surface area contributed by atoms with Crippen LogP contribution in [0, 0.1) is 6.92 Å². The predicted octanol–water partition coefficient (Wildman–Crippen LogP) is 2.87. The van der Waals surface area contributed by atoms with E-state index >= 15 is 0 Å². The Morgan fingerprint density at radius 1 is 1.06 bits per heavy atom. The van der Waals surface area contributed by atoms with E-state index in [1.54, 1.807) is 0 Å². The summed E-state index contributed by atoms with van der Waals surface area (Å²) < 4.78 is 1.93. The monoisotopic (exact) mass is 215 g/mol. The first-order valence-corrected chi connectivity index (χ1v) is 5.48. The molecule has 0 aliphatic rings. The van der Waals surface area contributed by atoms with Gasteiger partial charge in [-0.1, -0.05) is 39.0 Å². The Kier molecular flexibility index (Phi) is 2.54. The van der Waals surface area contributed by atoms with Crippen LogP contribution in [0.1, 0.15) is 32.4 Å². The molecule has 0 unspecified atom stereocenters. The van der Waals surface area contributed by atoms with Gasteiger partial charge in [0.15, 0.2) is 0 Å². The van der Waals surface area contributed by atoms with Gasteiger partial charge in [0.05, 0.1) is 5.69 Å². The second-order valence-corrected chi connectivity index (χ2v) is 4.98. The van der Waals surface area contributed by atoms with Crippen LogP contribution < -0.4 is 0 Å². The molecule has 0 spiro atoms. The summed E-state index contributed by atoms with van der Waals surface area (Å²) in [5, 5.41) is 4.45. The molecule has 0 amide bonds. The zero-order valence-corrected chi connectivity index (χ0v) is 10.2. The number of rotatable bonds is 1. The summed E-state index contributed by atoms with van der Waals surface area (Å²) in [6.45, 7) is 8.37. The van der Waals surface area contributed by atoms with Gasteiger partial charge < -0.3 is 0 Å². The van der Waals surface area contributed by atoms with Gasteiger partial charge in [-0.2, -0.15) is 5.10 Å². The van der Waals surface area contributed by atoms with Crippen molar-refractivity contribution in [3.05, 3.63) is 42.0 Å². The Morgan fingerprint density at radius 2 is 1.69 bits per heavy atom. The lowest BCUT2D eigenvalue weighted by Crippen LogP contribution is -2.18. The van der Waals surface area contributed by atoms with Crippen LogP contribution in [0.4, 0.5) is 0 Å². The van der Waals surface area contributed by atoms with Crippen molar-refractivity contribution in [1.29, 1.82) is 0 Å². The maximum absolute atomic E-state index is 4.51. The fourth-order valence-electron chi connectivity index (χ4n) is 1.65. The highest BCUT2D eigenvalue weighted by Crippen LogP contribution is 2.22. The number of para-hydroxylation sites is 1. The first-order valence-electron chi connectivity index (χ1n) is 5.48. The van der Waals surface area contributed by atoms with Crippen LogP contribution >= 0.6 is 0 Å². The topological polar surface area (TPSA) is 30.7 Å². The summed E-state index contributed by atoms with van der Waals surface area (Å²) in [6, 6.07) is 10.1. The molecule has 1 aromatic carbocycles. The van der Waals surface area contributed by atoms with Crippen molar-refractivity contribution >= 4 is 0 Å². The van der Waals surface area contributed by atoms with Crippen LogP contribution in [0.15, 0.2) is 30.3 Å². The lowest BCUT2D eigenvalue weighted by atomic mass is 9.95. The Balaban J connectivity index is 2.58. The van der Waals surface area contributed by atoms with E-state index in [1.807, 2.05) is 41.9 Å². The quantitative estimate of drug-likeness (QED) is 0.732. The molecule has 0 N–H and O–H groups in total. The summed E-state index contributed by atoms with van der Waals surface area (Å²) in [5.41, 5.74) is 1.06. The normalized spacial score (nSPS) is 11.8. The molecule has 3 nitrogen and oxygen atoms in total. The lowest BCUT2D eigenvalue weighted by Gasteiger charge is -2.18. The average Bonchev–Trinajstić information content (AvgIpc) is 2.61. The number of nitrogens with zero attached hydrogens (tertiary/aromatic N) is 3. The van der Waals surface area contributed by atoms with Gasteiger partial charge in [-0.15, -0.1) is 0 Å². The maximum atomic E-state index is 4.51. The van der Waals surface area contributed by atoms with E-state index in [0.29, 0.717) is 0 Å². The summed E-state index contributed by atoms with van der Waals surface area (Å²) in [7, 11) is 0. The van der Waals surface area contributed by atoms with Crippen molar-refractivity contribution in [3.8, 4) is 5.69 Å². The Morgan fingerprint density at radius 3 is 2.25 bits per heavy atom. The van der Waals surface area contributed by atoms with Gasteiger partial charge in [0.25, 0.3) is 0 Å². The van der Waals surface area contributed by atoms with E-state index in [-0.39, 0.29) is 5.41 Å². The molecule has 1 aromatic heterocycles. The molecule has 0 aliphatic heterocycles. The third-order valence-corrected chi connectivity index (χ3v) is 2.38. The highest BCUT2D eigenvalue weighted by molar-refractivity contribution is 5.32. The average molecular weight is 215 g/mol. The van der Waals surface area contributed by atoms with Crippen molar-refractivity contribution in [2.45, 2.75) is 33.1 Å². The van der Waals surface area contributed by atoms with Gasteiger partial charge in [-0.25, -0.2) is 9.67 Å². The number of aryl methyl sites for hydroxylation is 1. The molecule has 0 aliphatic carbocycles. The summed E-state index contributed by atoms with van der Waals surface area (Å²) in [6.07, 6.45) is 0. The standard InChI is InChI=1S/C13H17N3/c1-10-14-12(13(2,3)4)16(15-10)11-8-6-5-7-9-11/h5-9H,1-4H3. The first kappa shape index (κ1) is 10.9. The number of hydrogen-bond acceptors (Lipinski definition) is 2. The van der Waals surface area contributed by atoms with Gasteiger partial charge in [0.2, 0.25) is 0 Å². The smallest absolute Gasteiger partial charge is 0.148 e. The molecule has 0 radical (unpaired) electrons. The van der Waals surface area contributed by atoms with Gasteiger partial charge in [-0.3, -0.25) is 0 Å². The van der Waals surface area contributed by atoms with E-state index in [0.717, 1.165) is 17.3 Å². The minimum Gasteiger partial charge on any atom is -0.217 e. The van der Waals surface area contributed by atoms with Crippen LogP contribution in [0.25, 0.3) is 5.69 Å². The third kappa shape index (κ3) is 1.98. The van der Waals surface area contributed by atoms with Crippen molar-refractivity contribution in [2.24, 2.45) is 0 Å². The van der Waals surface area contributed by atoms with E-state index in [1.165, 1.54) is 0 Å². The van der Waals surface area contributed by atoms with Crippen LogP contribution in [0.5, 0.6) is 0 Å². The zero-order valence-electron chi connectivity index (χ0n) is 10.2. The summed E-state index contributed by atoms with van der Waals surface area (Å²) in [5.74, 6) is 1.81. The Labute approximate surface area is 96.1 Å². The highest BCUT2D eigenvalue weighted by atomic mass is 15.4. The molecule has 0 saturated heterocycles. The van der Waals surface area contributed by atoms with Gasteiger partial charge in [0.1, 0.15) is 11.6 Å². The third-order valence-electron chi connectivity index (χ3n) is 2.38. The van der Waals surface area contributed by atoms with Gasteiger partial charge >= 0.3 is 0 Å². The second kappa shape index (κ2) is 3.74. The van der Waals surface area contributed by atoms with E-state index in [4.69, 9.17) is 0 Å². The van der Waals surface area contributed by atoms with Crippen LogP contribution in [-0.4, -0.2) is 14.8 Å². The Hall–Kier alpha value is -1.64.